The van der Waals surface area contributed by atoms with Crippen LogP contribution in [0, 0.1) is 0 Å². The van der Waals surface area contributed by atoms with Gasteiger partial charge in [-0.15, -0.1) is 10.2 Å². The van der Waals surface area contributed by atoms with E-state index in [0.717, 1.165) is 14.0 Å². The highest BCUT2D eigenvalue weighted by Crippen LogP contribution is 2.33. The van der Waals surface area contributed by atoms with Crippen LogP contribution in [0.5, 0.6) is 5.75 Å². The van der Waals surface area contributed by atoms with E-state index in [4.69, 9.17) is 9.47 Å². The average molecular weight is 562 g/mol. The van der Waals surface area contributed by atoms with Gasteiger partial charge in [0.1, 0.15) is 10.8 Å². The third kappa shape index (κ3) is 5.30. The zero-order valence-electron chi connectivity index (χ0n) is 17.0. The Balaban J connectivity index is 1.60. The van der Waals surface area contributed by atoms with Crippen molar-refractivity contribution in [2.45, 2.75) is 38.8 Å². The Bertz CT molecular complexity index is 947. The van der Waals surface area contributed by atoms with Gasteiger partial charge in [0.2, 0.25) is 11.4 Å². The molecule has 1 aliphatic heterocycles. The number of likely N-dealkylation sites (N-methyl/N-ethyl adjacent to an activating group) is 1. The summed E-state index contributed by atoms with van der Waals surface area (Å²) in [5.74, 6) is 0.184. The highest BCUT2D eigenvalue weighted by atomic mass is 79.9. The van der Waals surface area contributed by atoms with Crippen molar-refractivity contribution in [3.05, 3.63) is 32.2 Å². The van der Waals surface area contributed by atoms with E-state index in [1.54, 1.807) is 13.1 Å². The number of ether oxygens (including phenoxy) is 2. The smallest absolute Gasteiger partial charge is 0.329 e. The summed E-state index contributed by atoms with van der Waals surface area (Å²) in [6.07, 6.45) is -0.697. The number of carbonyl (C=O) groups is 2. The number of urea groups is 1. The zero-order valence-corrected chi connectivity index (χ0v) is 21.0. The maximum absolute atomic E-state index is 12.6. The van der Waals surface area contributed by atoms with Gasteiger partial charge in [0.25, 0.3) is 0 Å². The van der Waals surface area contributed by atoms with Crippen LogP contribution in [0.3, 0.4) is 0 Å². The number of anilines is 1. The second kappa shape index (κ2) is 9.19. The van der Waals surface area contributed by atoms with E-state index in [2.05, 4.69) is 42.1 Å². The Kier molecular flexibility index (Phi) is 7.03. The Hall–Kier alpha value is -1.72. The summed E-state index contributed by atoms with van der Waals surface area (Å²) in [5.41, 5.74) is -0.184. The molecule has 11 heteroatoms. The lowest BCUT2D eigenvalue weighted by Gasteiger charge is -2.20. The molecule has 1 atom stereocenters. The highest BCUT2D eigenvalue weighted by Gasteiger charge is 2.41. The Morgan fingerprint density at radius 3 is 2.63 bits per heavy atom. The molecule has 1 fully saturated rings. The monoisotopic (exact) mass is 560 g/mol. The molecule has 30 heavy (non-hydrogen) atoms. The maximum atomic E-state index is 12.6. The van der Waals surface area contributed by atoms with Gasteiger partial charge in [-0.05, 0) is 50.1 Å². The first-order chi connectivity index (χ1) is 14.1. The molecule has 3 rings (SSSR count). The summed E-state index contributed by atoms with van der Waals surface area (Å²) in [6.45, 7) is 6.50. The van der Waals surface area contributed by atoms with Gasteiger partial charge in [0, 0.05) is 21.4 Å². The van der Waals surface area contributed by atoms with Gasteiger partial charge in [-0.1, -0.05) is 32.1 Å². The lowest BCUT2D eigenvalue weighted by Crippen LogP contribution is -2.37. The molecule has 0 aliphatic carbocycles. The predicted octanol–water partition coefficient (Wildman–Crippen LogP) is 4.57. The van der Waals surface area contributed by atoms with E-state index in [0.29, 0.717) is 10.9 Å². The van der Waals surface area contributed by atoms with E-state index in [9.17, 15) is 9.59 Å². The molecule has 0 radical (unpaired) electrons. The molecule has 0 saturated carbocycles. The van der Waals surface area contributed by atoms with Crippen LogP contribution in [0.2, 0.25) is 0 Å². The summed E-state index contributed by atoms with van der Waals surface area (Å²) >= 11 is 8.13. The number of rotatable bonds is 6. The zero-order chi connectivity index (χ0) is 22.1. The molecule has 162 valence electrons. The van der Waals surface area contributed by atoms with Gasteiger partial charge in [-0.3, -0.25) is 4.79 Å². The number of hydrogen-bond acceptors (Lipinski definition) is 7. The third-order valence-corrected chi connectivity index (χ3v) is 7.47. The van der Waals surface area contributed by atoms with Crippen LogP contribution >= 0.6 is 43.2 Å². The summed E-state index contributed by atoms with van der Waals surface area (Å²) < 4.78 is 12.9. The largest absolute Gasteiger partial charge is 0.493 e. The van der Waals surface area contributed by atoms with Crippen LogP contribution in [0.15, 0.2) is 27.1 Å². The van der Waals surface area contributed by atoms with E-state index in [1.165, 1.54) is 21.1 Å². The summed E-state index contributed by atoms with van der Waals surface area (Å²) in [4.78, 5) is 27.8. The molecule has 1 aromatic carbocycles. The standard InChI is InChI=1S/C19H22Br2N4O4S/c1-19(2,3)16-22-23-17(30-16)25-14(10-24(4)18(25)27)29-15(26)7-8-28-11-5-6-12(20)13(21)9-11/h5-6,9,14H,7-8,10H2,1-4H3. The highest BCUT2D eigenvalue weighted by molar-refractivity contribution is 9.13. The topological polar surface area (TPSA) is 84.9 Å². The molecule has 1 aliphatic rings. The molecule has 8 nitrogen and oxygen atoms in total. The van der Waals surface area contributed by atoms with Crippen molar-refractivity contribution < 1.29 is 19.1 Å². The van der Waals surface area contributed by atoms with Crippen LogP contribution in [-0.4, -0.2) is 53.5 Å². The van der Waals surface area contributed by atoms with Crippen LogP contribution in [0.1, 0.15) is 32.2 Å². The molecule has 0 bridgehead atoms. The SMILES string of the molecule is CN1CC(OC(=O)CCOc2ccc(Br)c(Br)c2)N(c2nnc(C(C)(C)C)s2)C1=O. The Morgan fingerprint density at radius 1 is 1.27 bits per heavy atom. The number of carbonyl (C=O) groups excluding carboxylic acids is 2. The molecule has 1 saturated heterocycles. The summed E-state index contributed by atoms with van der Waals surface area (Å²) in [5, 5.41) is 9.56. The number of hydrogen-bond donors (Lipinski definition) is 0. The second-order valence-corrected chi connectivity index (χ2v) is 10.5. The minimum absolute atomic E-state index is 0.0548. The summed E-state index contributed by atoms with van der Waals surface area (Å²) in [6, 6.07) is 5.18. The van der Waals surface area contributed by atoms with Gasteiger partial charge in [0.05, 0.1) is 19.6 Å². The van der Waals surface area contributed by atoms with Crippen molar-refractivity contribution in [2.24, 2.45) is 0 Å². The second-order valence-electron chi connectivity index (χ2n) is 7.79. The van der Waals surface area contributed by atoms with Gasteiger partial charge in [0.15, 0.2) is 0 Å². The average Bonchev–Trinajstić information content (AvgIpc) is 3.23. The fourth-order valence-corrected chi connectivity index (χ4v) is 4.18. The van der Waals surface area contributed by atoms with Crippen molar-refractivity contribution in [3.63, 3.8) is 0 Å². The van der Waals surface area contributed by atoms with Crippen molar-refractivity contribution in [1.82, 2.24) is 15.1 Å². The number of esters is 1. The molecule has 0 spiro atoms. The number of benzene rings is 1. The van der Waals surface area contributed by atoms with Crippen LogP contribution in [0.25, 0.3) is 0 Å². The van der Waals surface area contributed by atoms with Crippen molar-refractivity contribution in [3.8, 4) is 5.75 Å². The third-order valence-electron chi connectivity index (χ3n) is 4.25. The number of amides is 2. The fraction of sp³-hybridized carbons (Fsp3) is 0.474. The maximum Gasteiger partial charge on any atom is 0.329 e. The molecule has 2 aromatic rings. The van der Waals surface area contributed by atoms with Gasteiger partial charge in [-0.2, -0.15) is 0 Å². The Labute approximate surface area is 195 Å². The van der Waals surface area contributed by atoms with Crippen molar-refractivity contribution >= 4 is 60.3 Å². The van der Waals surface area contributed by atoms with Crippen molar-refractivity contribution in [1.29, 1.82) is 0 Å². The number of aromatic nitrogens is 2. The predicted molar refractivity (Wildman–Crippen MR) is 121 cm³/mol. The molecule has 0 N–H and O–H groups in total. The minimum Gasteiger partial charge on any atom is -0.493 e. The van der Waals surface area contributed by atoms with E-state index >= 15 is 0 Å². The first-order valence-electron chi connectivity index (χ1n) is 9.22. The minimum atomic E-state index is -0.752. The summed E-state index contributed by atoms with van der Waals surface area (Å²) in [7, 11) is 1.66. The first-order valence-corrected chi connectivity index (χ1v) is 11.6. The van der Waals surface area contributed by atoms with Gasteiger partial charge < -0.3 is 14.4 Å². The molecular weight excluding hydrogens is 540 g/mol. The van der Waals surface area contributed by atoms with Gasteiger partial charge >= 0.3 is 12.0 Å². The first kappa shape index (κ1) is 23.0. The van der Waals surface area contributed by atoms with E-state index < -0.39 is 12.2 Å². The molecular formula is C19H22Br2N4O4S. The van der Waals surface area contributed by atoms with Crippen molar-refractivity contribution in [2.75, 3.05) is 25.1 Å². The Morgan fingerprint density at radius 2 is 2.00 bits per heavy atom. The quantitative estimate of drug-likeness (QED) is 0.480. The molecule has 2 amide bonds. The molecule has 1 aromatic heterocycles. The lowest BCUT2D eigenvalue weighted by molar-refractivity contribution is -0.148. The van der Waals surface area contributed by atoms with Crippen LogP contribution < -0.4 is 9.64 Å². The van der Waals surface area contributed by atoms with Crippen LogP contribution in [0.4, 0.5) is 9.93 Å². The van der Waals surface area contributed by atoms with Gasteiger partial charge in [-0.25, -0.2) is 9.69 Å². The van der Waals surface area contributed by atoms with E-state index in [-0.39, 0.29) is 31.0 Å². The van der Waals surface area contributed by atoms with E-state index in [1.807, 2.05) is 32.9 Å². The fourth-order valence-electron chi connectivity index (χ4n) is 2.64. The lowest BCUT2D eigenvalue weighted by atomic mass is 9.98. The number of nitrogens with zero attached hydrogens (tertiary/aromatic N) is 4. The normalized spacial score (nSPS) is 16.9. The molecule has 1 unspecified atom stereocenters. The van der Waals surface area contributed by atoms with Crippen LogP contribution in [-0.2, 0) is 14.9 Å². The molecule has 2 heterocycles. The number of halogens is 2.